The maximum atomic E-state index is 12.1. The minimum Gasteiger partial charge on any atom is -0.468 e. The van der Waals surface area contributed by atoms with Gasteiger partial charge in [0.05, 0.1) is 7.11 Å². The molecule has 0 heterocycles. The van der Waals surface area contributed by atoms with Gasteiger partial charge in [-0.2, -0.15) is 0 Å². The van der Waals surface area contributed by atoms with E-state index in [1.54, 1.807) is 0 Å². The molecule has 2 saturated carbocycles. The van der Waals surface area contributed by atoms with Gasteiger partial charge < -0.3 is 4.74 Å². The summed E-state index contributed by atoms with van der Waals surface area (Å²) < 4.78 is 5.05. The highest BCUT2D eigenvalue weighted by atomic mass is 16.5. The molecule has 1 N–H and O–H groups in total. The van der Waals surface area contributed by atoms with E-state index in [0.717, 1.165) is 19.3 Å². The summed E-state index contributed by atoms with van der Waals surface area (Å²) in [5.41, 5.74) is -0.392. The van der Waals surface area contributed by atoms with Crippen LogP contribution in [-0.2, 0) is 9.53 Å². The molecule has 0 saturated heterocycles. The molecule has 2 aliphatic rings. The molecular weight excluding hydrogens is 214 g/mol. The highest BCUT2D eigenvalue weighted by Gasteiger charge is 2.48. The third-order valence-electron chi connectivity index (χ3n) is 4.67. The Bertz CT molecular complexity index is 273. The van der Waals surface area contributed by atoms with Gasteiger partial charge in [0.25, 0.3) is 0 Å². The van der Waals surface area contributed by atoms with Crippen LogP contribution in [0.3, 0.4) is 0 Å². The van der Waals surface area contributed by atoms with Gasteiger partial charge in [-0.1, -0.05) is 32.6 Å². The molecule has 0 aromatic heterocycles. The molecule has 3 heteroatoms. The molecule has 2 atom stereocenters. The van der Waals surface area contributed by atoms with Crippen LogP contribution in [0.1, 0.15) is 58.3 Å². The highest BCUT2D eigenvalue weighted by Crippen LogP contribution is 2.38. The summed E-state index contributed by atoms with van der Waals surface area (Å²) in [5.74, 6) is 0.352. The number of methoxy groups -OCH3 is 1. The molecular formula is C14H25NO2. The number of hydrogen-bond donors (Lipinski definition) is 1. The molecule has 0 aliphatic heterocycles. The van der Waals surface area contributed by atoms with Crippen molar-refractivity contribution in [2.75, 3.05) is 7.11 Å². The Balaban J connectivity index is 2.07. The van der Waals surface area contributed by atoms with Crippen molar-refractivity contribution in [3.8, 4) is 0 Å². The van der Waals surface area contributed by atoms with E-state index in [4.69, 9.17) is 4.74 Å². The van der Waals surface area contributed by atoms with Crippen molar-refractivity contribution in [1.82, 2.24) is 5.32 Å². The Labute approximate surface area is 104 Å². The maximum absolute atomic E-state index is 12.1. The van der Waals surface area contributed by atoms with Crippen molar-refractivity contribution in [1.29, 1.82) is 0 Å². The van der Waals surface area contributed by atoms with E-state index in [-0.39, 0.29) is 5.97 Å². The van der Waals surface area contributed by atoms with Gasteiger partial charge in [0, 0.05) is 6.04 Å². The molecule has 17 heavy (non-hydrogen) atoms. The summed E-state index contributed by atoms with van der Waals surface area (Å²) in [7, 11) is 1.51. The average Bonchev–Trinajstić information content (AvgIpc) is 2.72. The quantitative estimate of drug-likeness (QED) is 0.769. The maximum Gasteiger partial charge on any atom is 0.326 e. The van der Waals surface area contributed by atoms with Gasteiger partial charge in [-0.05, 0) is 31.6 Å². The summed E-state index contributed by atoms with van der Waals surface area (Å²) in [4.78, 5) is 12.1. The standard InChI is InChI=1S/C14H25NO2/c1-11-7-6-10-14(11,13(16)17-2)15-12-8-4-3-5-9-12/h11-12,15H,3-10H2,1-2H3. The van der Waals surface area contributed by atoms with E-state index in [0.29, 0.717) is 12.0 Å². The monoisotopic (exact) mass is 239 g/mol. The molecule has 0 radical (unpaired) electrons. The number of hydrogen-bond acceptors (Lipinski definition) is 3. The third kappa shape index (κ3) is 2.49. The first-order chi connectivity index (χ1) is 8.19. The van der Waals surface area contributed by atoms with Gasteiger partial charge in [-0.25, -0.2) is 0 Å². The number of carbonyl (C=O) groups excluding carboxylic acids is 1. The van der Waals surface area contributed by atoms with Crippen LogP contribution in [0.5, 0.6) is 0 Å². The van der Waals surface area contributed by atoms with E-state index in [1.807, 2.05) is 0 Å². The summed E-state index contributed by atoms with van der Waals surface area (Å²) in [6, 6.07) is 0.517. The van der Waals surface area contributed by atoms with Gasteiger partial charge >= 0.3 is 5.97 Å². The van der Waals surface area contributed by atoms with Crippen LogP contribution in [0.4, 0.5) is 0 Å². The normalized spacial score (nSPS) is 34.8. The van der Waals surface area contributed by atoms with Gasteiger partial charge in [0.2, 0.25) is 0 Å². The van der Waals surface area contributed by atoms with Crippen LogP contribution in [0.25, 0.3) is 0 Å². The van der Waals surface area contributed by atoms with E-state index in [9.17, 15) is 4.79 Å². The fraction of sp³-hybridized carbons (Fsp3) is 0.929. The van der Waals surface area contributed by atoms with E-state index >= 15 is 0 Å². The van der Waals surface area contributed by atoms with Crippen molar-refractivity contribution in [2.24, 2.45) is 5.92 Å². The lowest BCUT2D eigenvalue weighted by Crippen LogP contribution is -2.58. The second-order valence-electron chi connectivity index (χ2n) is 5.74. The van der Waals surface area contributed by atoms with Crippen molar-refractivity contribution < 1.29 is 9.53 Å². The number of rotatable bonds is 3. The first-order valence-electron chi connectivity index (χ1n) is 7.05. The lowest BCUT2D eigenvalue weighted by atomic mass is 9.85. The van der Waals surface area contributed by atoms with Gasteiger partial charge in [-0.15, -0.1) is 0 Å². The van der Waals surface area contributed by atoms with Crippen molar-refractivity contribution in [3.63, 3.8) is 0 Å². The number of nitrogens with one attached hydrogen (secondary N) is 1. The Morgan fingerprint density at radius 3 is 2.41 bits per heavy atom. The molecule has 0 spiro atoms. The van der Waals surface area contributed by atoms with Crippen molar-refractivity contribution in [2.45, 2.75) is 69.9 Å². The third-order valence-corrected chi connectivity index (χ3v) is 4.67. The molecule has 98 valence electrons. The summed E-state index contributed by atoms with van der Waals surface area (Å²) >= 11 is 0. The smallest absolute Gasteiger partial charge is 0.326 e. The first-order valence-corrected chi connectivity index (χ1v) is 7.05. The second-order valence-corrected chi connectivity index (χ2v) is 5.74. The van der Waals surface area contributed by atoms with Crippen LogP contribution in [-0.4, -0.2) is 24.7 Å². The summed E-state index contributed by atoms with van der Waals surface area (Å²) in [6.07, 6.45) is 9.57. The highest BCUT2D eigenvalue weighted by molar-refractivity contribution is 5.81. The van der Waals surface area contributed by atoms with E-state index < -0.39 is 5.54 Å². The molecule has 0 aromatic rings. The Morgan fingerprint density at radius 1 is 1.18 bits per heavy atom. The SMILES string of the molecule is COC(=O)C1(NC2CCCCC2)CCCC1C. The zero-order valence-corrected chi connectivity index (χ0v) is 11.1. The second kappa shape index (κ2) is 5.38. The van der Waals surface area contributed by atoms with Gasteiger partial charge in [-0.3, -0.25) is 10.1 Å². The van der Waals surface area contributed by atoms with Crippen LogP contribution in [0, 0.1) is 5.92 Å². The molecule has 3 nitrogen and oxygen atoms in total. The van der Waals surface area contributed by atoms with Crippen molar-refractivity contribution >= 4 is 5.97 Å². The minimum absolute atomic E-state index is 0.0481. The van der Waals surface area contributed by atoms with Crippen LogP contribution < -0.4 is 5.32 Å². The van der Waals surface area contributed by atoms with Gasteiger partial charge in [0.1, 0.15) is 5.54 Å². The number of ether oxygens (including phenoxy) is 1. The molecule has 0 amide bonds. The fourth-order valence-corrected chi connectivity index (χ4v) is 3.55. The van der Waals surface area contributed by atoms with Crippen molar-refractivity contribution in [3.05, 3.63) is 0 Å². The lowest BCUT2D eigenvalue weighted by Gasteiger charge is -2.37. The summed E-state index contributed by atoms with van der Waals surface area (Å²) in [5, 5.41) is 3.66. The van der Waals surface area contributed by atoms with Crippen LogP contribution in [0.2, 0.25) is 0 Å². The average molecular weight is 239 g/mol. The molecule has 2 unspecified atom stereocenters. The Morgan fingerprint density at radius 2 is 1.88 bits per heavy atom. The molecule has 2 fully saturated rings. The first kappa shape index (κ1) is 12.9. The summed E-state index contributed by atoms with van der Waals surface area (Å²) in [6.45, 7) is 2.18. The Kier molecular flexibility index (Phi) is 4.08. The zero-order valence-electron chi connectivity index (χ0n) is 11.1. The number of carbonyl (C=O) groups is 1. The predicted molar refractivity (Wildman–Crippen MR) is 67.8 cm³/mol. The Hall–Kier alpha value is -0.570. The molecule has 0 bridgehead atoms. The largest absolute Gasteiger partial charge is 0.468 e. The molecule has 2 aliphatic carbocycles. The van der Waals surface area contributed by atoms with E-state index in [1.165, 1.54) is 39.2 Å². The van der Waals surface area contributed by atoms with Crippen LogP contribution >= 0.6 is 0 Å². The van der Waals surface area contributed by atoms with Gasteiger partial charge in [0.15, 0.2) is 0 Å². The predicted octanol–water partition coefficient (Wildman–Crippen LogP) is 2.64. The molecule has 2 rings (SSSR count). The van der Waals surface area contributed by atoms with Crippen LogP contribution in [0.15, 0.2) is 0 Å². The molecule has 0 aromatic carbocycles. The zero-order chi connectivity index (χ0) is 12.3. The number of esters is 1. The van der Waals surface area contributed by atoms with E-state index in [2.05, 4.69) is 12.2 Å². The fourth-order valence-electron chi connectivity index (χ4n) is 3.55. The topological polar surface area (TPSA) is 38.3 Å². The minimum atomic E-state index is -0.392. The lowest BCUT2D eigenvalue weighted by molar-refractivity contribution is -0.150.